The maximum absolute atomic E-state index is 12.4. The number of piperazine rings is 1. The molecule has 2 aromatic heterocycles. The van der Waals surface area contributed by atoms with Gasteiger partial charge in [-0.25, -0.2) is 4.98 Å². The number of nitrogens with one attached hydrogen (secondary N) is 1. The fourth-order valence-corrected chi connectivity index (χ4v) is 3.60. The van der Waals surface area contributed by atoms with Crippen LogP contribution in [0.25, 0.3) is 21.9 Å². The zero-order valence-corrected chi connectivity index (χ0v) is 17.1. The summed E-state index contributed by atoms with van der Waals surface area (Å²) in [6.07, 6.45) is 5.16. The van der Waals surface area contributed by atoms with E-state index in [0.717, 1.165) is 40.6 Å². The van der Waals surface area contributed by atoms with Gasteiger partial charge in [-0.3, -0.25) is 14.6 Å². The molecule has 8 nitrogen and oxygen atoms in total. The number of carbonyl (C=O) groups is 2. The van der Waals surface area contributed by atoms with Crippen molar-refractivity contribution in [1.29, 1.82) is 0 Å². The first-order valence-corrected chi connectivity index (χ1v) is 9.81. The minimum Gasteiger partial charge on any atom is -0.398 e. The van der Waals surface area contributed by atoms with Crippen LogP contribution >= 0.6 is 0 Å². The number of anilines is 2. The Morgan fingerprint density at radius 1 is 1.10 bits per heavy atom. The second kappa shape index (κ2) is 8.08. The molecular weight excluding hydrogens is 380 g/mol. The first kappa shape index (κ1) is 19.8. The van der Waals surface area contributed by atoms with Crippen LogP contribution < -0.4 is 11.1 Å². The third-order valence-corrected chi connectivity index (χ3v) is 5.45. The molecule has 1 saturated heterocycles. The summed E-state index contributed by atoms with van der Waals surface area (Å²) in [4.78, 5) is 37.0. The summed E-state index contributed by atoms with van der Waals surface area (Å²) < 4.78 is 0. The van der Waals surface area contributed by atoms with Crippen molar-refractivity contribution in [2.24, 2.45) is 0 Å². The van der Waals surface area contributed by atoms with Gasteiger partial charge >= 0.3 is 11.8 Å². The number of hydrogen-bond acceptors (Lipinski definition) is 6. The van der Waals surface area contributed by atoms with E-state index < -0.39 is 11.8 Å². The Labute approximate surface area is 174 Å². The predicted octanol–water partition coefficient (Wildman–Crippen LogP) is 1.90. The Morgan fingerprint density at radius 2 is 1.87 bits per heavy atom. The summed E-state index contributed by atoms with van der Waals surface area (Å²) >= 11 is 0. The van der Waals surface area contributed by atoms with Crippen molar-refractivity contribution < 1.29 is 9.59 Å². The third kappa shape index (κ3) is 3.95. The molecule has 3 heterocycles. The van der Waals surface area contributed by atoms with Crippen molar-refractivity contribution in [3.8, 4) is 11.1 Å². The number of aromatic nitrogens is 2. The molecule has 8 heteroatoms. The highest BCUT2D eigenvalue weighted by molar-refractivity contribution is 6.39. The van der Waals surface area contributed by atoms with Gasteiger partial charge in [0.15, 0.2) is 0 Å². The molecule has 1 aliphatic rings. The molecule has 30 heavy (non-hydrogen) atoms. The quantitative estimate of drug-likeness (QED) is 0.499. The number of rotatable bonds is 2. The average Bonchev–Trinajstić information content (AvgIpc) is 2.74. The van der Waals surface area contributed by atoms with E-state index in [0.29, 0.717) is 24.6 Å². The van der Waals surface area contributed by atoms with Crippen molar-refractivity contribution in [2.75, 3.05) is 44.3 Å². The zero-order valence-electron chi connectivity index (χ0n) is 17.1. The Kier molecular flexibility index (Phi) is 5.33. The number of fused-ring (bicyclic) bond motifs is 1. The molecule has 1 aromatic carbocycles. The van der Waals surface area contributed by atoms with Crippen LogP contribution in [0.5, 0.6) is 0 Å². The van der Waals surface area contributed by atoms with Crippen molar-refractivity contribution in [2.45, 2.75) is 6.92 Å². The van der Waals surface area contributed by atoms with Gasteiger partial charge in [-0.15, -0.1) is 0 Å². The summed E-state index contributed by atoms with van der Waals surface area (Å²) in [6.45, 7) is 4.60. The largest absolute Gasteiger partial charge is 0.398 e. The number of amides is 2. The molecule has 154 valence electrons. The number of benzene rings is 1. The second-order valence-corrected chi connectivity index (χ2v) is 7.60. The van der Waals surface area contributed by atoms with E-state index in [1.165, 1.54) is 0 Å². The van der Waals surface area contributed by atoms with Gasteiger partial charge in [0, 0.05) is 61.4 Å². The van der Waals surface area contributed by atoms with Gasteiger partial charge in [-0.2, -0.15) is 0 Å². The lowest BCUT2D eigenvalue weighted by molar-refractivity contribution is -0.144. The fraction of sp³-hybridized carbons (Fsp3) is 0.273. The minimum atomic E-state index is -0.682. The summed E-state index contributed by atoms with van der Waals surface area (Å²) in [5.41, 5.74) is 9.83. The molecule has 4 rings (SSSR count). The van der Waals surface area contributed by atoms with E-state index >= 15 is 0 Å². The number of hydrogen-bond donors (Lipinski definition) is 2. The molecule has 0 radical (unpaired) electrons. The molecule has 2 amide bonds. The molecule has 0 aliphatic carbocycles. The smallest absolute Gasteiger partial charge is 0.315 e. The van der Waals surface area contributed by atoms with Gasteiger partial charge in [0.05, 0.1) is 0 Å². The van der Waals surface area contributed by atoms with Crippen LogP contribution in [0.2, 0.25) is 0 Å². The molecule has 0 spiro atoms. The summed E-state index contributed by atoms with van der Waals surface area (Å²) in [7, 11) is 1.99. The summed E-state index contributed by atoms with van der Waals surface area (Å²) in [5, 5.41) is 4.23. The fourth-order valence-electron chi connectivity index (χ4n) is 3.60. The van der Waals surface area contributed by atoms with E-state index in [4.69, 9.17) is 5.73 Å². The van der Waals surface area contributed by atoms with Gasteiger partial charge in [0.25, 0.3) is 0 Å². The predicted molar refractivity (Wildman–Crippen MR) is 117 cm³/mol. The van der Waals surface area contributed by atoms with Crippen LogP contribution in [0.4, 0.5) is 11.5 Å². The maximum atomic E-state index is 12.4. The average molecular weight is 404 g/mol. The topological polar surface area (TPSA) is 104 Å². The van der Waals surface area contributed by atoms with Crippen molar-refractivity contribution in [3.63, 3.8) is 0 Å². The highest BCUT2D eigenvalue weighted by atomic mass is 16.2. The van der Waals surface area contributed by atoms with Crippen LogP contribution in [0.1, 0.15) is 5.56 Å². The molecule has 0 unspecified atom stereocenters. The normalized spacial score (nSPS) is 14.7. The number of likely N-dealkylation sites (N-methyl/N-ethyl adjacent to an activating group) is 1. The number of nitrogens with two attached hydrogens (primary N) is 1. The number of carbonyl (C=O) groups excluding carboxylic acids is 2. The molecule has 0 bridgehead atoms. The molecule has 3 N–H and O–H groups in total. The second-order valence-electron chi connectivity index (χ2n) is 7.60. The Morgan fingerprint density at radius 3 is 2.60 bits per heavy atom. The highest BCUT2D eigenvalue weighted by Crippen LogP contribution is 2.31. The monoisotopic (exact) mass is 404 g/mol. The maximum Gasteiger partial charge on any atom is 0.315 e. The minimum absolute atomic E-state index is 0.314. The lowest BCUT2D eigenvalue weighted by Gasteiger charge is -2.31. The standard InChI is InChI=1S/C22H24N6O2/c1-14-3-4-24-12-17(14)15-9-16-11-20(25-13-18(16)19(23)10-15)26-21(29)22(30)28-7-5-27(2)6-8-28/h3-4,9-13H,5-8,23H2,1-2H3,(H,25,26,29). The molecule has 3 aromatic rings. The van der Waals surface area contributed by atoms with E-state index in [9.17, 15) is 9.59 Å². The van der Waals surface area contributed by atoms with Crippen molar-refractivity contribution >= 4 is 34.1 Å². The lowest BCUT2D eigenvalue weighted by atomic mass is 9.99. The van der Waals surface area contributed by atoms with Crippen LogP contribution in [0.15, 0.2) is 42.9 Å². The number of pyridine rings is 2. The van der Waals surface area contributed by atoms with Gasteiger partial charge < -0.3 is 20.9 Å². The number of nitrogens with zero attached hydrogens (tertiary/aromatic N) is 4. The number of nitrogen functional groups attached to an aromatic ring is 1. The molecule has 1 fully saturated rings. The third-order valence-electron chi connectivity index (χ3n) is 5.45. The molecule has 0 saturated carbocycles. The Balaban J connectivity index is 1.59. The van der Waals surface area contributed by atoms with Crippen LogP contribution in [-0.2, 0) is 9.59 Å². The van der Waals surface area contributed by atoms with Crippen molar-refractivity contribution in [3.05, 3.63) is 48.4 Å². The van der Waals surface area contributed by atoms with E-state index in [1.807, 2.05) is 32.2 Å². The van der Waals surface area contributed by atoms with Gasteiger partial charge in [0.2, 0.25) is 0 Å². The summed E-state index contributed by atoms with van der Waals surface area (Å²) in [5.74, 6) is -0.905. The van der Waals surface area contributed by atoms with Gasteiger partial charge in [0.1, 0.15) is 5.82 Å². The SMILES string of the molecule is Cc1ccncc1-c1cc(N)c2cnc(NC(=O)C(=O)N3CCN(C)CC3)cc2c1. The summed E-state index contributed by atoms with van der Waals surface area (Å²) in [6, 6.07) is 7.55. The van der Waals surface area contributed by atoms with Gasteiger partial charge in [-0.1, -0.05) is 0 Å². The lowest BCUT2D eigenvalue weighted by Crippen LogP contribution is -2.50. The van der Waals surface area contributed by atoms with E-state index in [1.54, 1.807) is 29.6 Å². The molecule has 0 atom stereocenters. The first-order chi connectivity index (χ1) is 14.4. The van der Waals surface area contributed by atoms with E-state index in [-0.39, 0.29) is 0 Å². The van der Waals surface area contributed by atoms with Gasteiger partial charge in [-0.05, 0) is 54.8 Å². The zero-order chi connectivity index (χ0) is 21.3. The highest BCUT2D eigenvalue weighted by Gasteiger charge is 2.25. The first-order valence-electron chi connectivity index (χ1n) is 9.81. The van der Waals surface area contributed by atoms with Crippen molar-refractivity contribution in [1.82, 2.24) is 19.8 Å². The van der Waals surface area contributed by atoms with Crippen LogP contribution in [-0.4, -0.2) is 64.8 Å². The molecular formula is C22H24N6O2. The Hall–Kier alpha value is -3.52. The van der Waals surface area contributed by atoms with Crippen LogP contribution in [0.3, 0.4) is 0 Å². The molecule has 1 aliphatic heterocycles. The van der Waals surface area contributed by atoms with Crippen LogP contribution in [0, 0.1) is 6.92 Å². The van der Waals surface area contributed by atoms with E-state index in [2.05, 4.69) is 20.2 Å². The Bertz CT molecular complexity index is 1120. The number of aryl methyl sites for hydroxylation is 1.